The van der Waals surface area contributed by atoms with E-state index in [1.54, 1.807) is 24.3 Å². The van der Waals surface area contributed by atoms with E-state index < -0.39 is 4.92 Å². The summed E-state index contributed by atoms with van der Waals surface area (Å²) in [7, 11) is 0. The molecule has 0 bridgehead atoms. The zero-order valence-electron chi connectivity index (χ0n) is 12.5. The molecule has 0 saturated heterocycles. The summed E-state index contributed by atoms with van der Waals surface area (Å²) in [6.07, 6.45) is 0. The van der Waals surface area contributed by atoms with Gasteiger partial charge in [-0.25, -0.2) is 0 Å². The second-order valence-corrected chi connectivity index (χ2v) is 5.55. The number of aliphatic hydroxyl groups excluding tert-OH is 1. The first kappa shape index (κ1) is 17.2. The van der Waals surface area contributed by atoms with Crippen molar-refractivity contribution in [2.24, 2.45) is 0 Å². The van der Waals surface area contributed by atoms with Crippen LogP contribution in [0.2, 0.25) is 0 Å². The van der Waals surface area contributed by atoms with Crippen molar-refractivity contribution in [3.05, 3.63) is 62.1 Å². The molecule has 2 rings (SSSR count). The first-order chi connectivity index (χ1) is 11.0. The summed E-state index contributed by atoms with van der Waals surface area (Å²) in [6, 6.07) is 9.63. The SMILES string of the molecule is CCOc1cc(CO)c(Br)cc1OCc1ccc([N+](=O)[O-])cc1. The Morgan fingerprint density at radius 1 is 1.17 bits per heavy atom. The van der Waals surface area contributed by atoms with Crippen LogP contribution in [0.1, 0.15) is 18.1 Å². The average molecular weight is 382 g/mol. The Kier molecular flexibility index (Phi) is 5.95. The van der Waals surface area contributed by atoms with Gasteiger partial charge in [-0.2, -0.15) is 0 Å². The molecule has 1 N–H and O–H groups in total. The van der Waals surface area contributed by atoms with Gasteiger partial charge in [-0.15, -0.1) is 0 Å². The van der Waals surface area contributed by atoms with Crippen LogP contribution in [0.15, 0.2) is 40.9 Å². The second-order valence-electron chi connectivity index (χ2n) is 4.69. The molecule has 0 amide bonds. The van der Waals surface area contributed by atoms with E-state index in [1.165, 1.54) is 12.1 Å². The van der Waals surface area contributed by atoms with E-state index in [1.807, 2.05) is 6.92 Å². The molecular weight excluding hydrogens is 366 g/mol. The lowest BCUT2D eigenvalue weighted by Crippen LogP contribution is -2.01. The number of nitrogens with zero attached hydrogens (tertiary/aromatic N) is 1. The molecular formula is C16H16BrNO5. The highest BCUT2D eigenvalue weighted by Gasteiger charge is 2.11. The third kappa shape index (κ3) is 4.43. The van der Waals surface area contributed by atoms with Crippen LogP contribution in [0.3, 0.4) is 0 Å². The third-order valence-corrected chi connectivity index (χ3v) is 3.86. The molecule has 2 aromatic carbocycles. The van der Waals surface area contributed by atoms with Crippen molar-refractivity contribution in [3.63, 3.8) is 0 Å². The van der Waals surface area contributed by atoms with E-state index in [9.17, 15) is 15.2 Å². The maximum absolute atomic E-state index is 10.6. The highest BCUT2D eigenvalue weighted by atomic mass is 79.9. The molecule has 23 heavy (non-hydrogen) atoms. The summed E-state index contributed by atoms with van der Waals surface area (Å²) in [5.74, 6) is 1.08. The minimum atomic E-state index is -0.442. The van der Waals surface area contributed by atoms with Crippen molar-refractivity contribution < 1.29 is 19.5 Å². The maximum atomic E-state index is 10.6. The fourth-order valence-electron chi connectivity index (χ4n) is 1.95. The fourth-order valence-corrected chi connectivity index (χ4v) is 2.40. The summed E-state index contributed by atoms with van der Waals surface area (Å²) >= 11 is 3.37. The van der Waals surface area contributed by atoms with Gasteiger partial charge < -0.3 is 14.6 Å². The summed E-state index contributed by atoms with van der Waals surface area (Å²) in [4.78, 5) is 10.2. The number of nitro groups is 1. The lowest BCUT2D eigenvalue weighted by molar-refractivity contribution is -0.384. The molecule has 0 aliphatic rings. The molecule has 0 heterocycles. The summed E-state index contributed by atoms with van der Waals surface area (Å²) in [6.45, 7) is 2.48. The van der Waals surface area contributed by atoms with Crippen molar-refractivity contribution in [2.45, 2.75) is 20.1 Å². The van der Waals surface area contributed by atoms with Crippen molar-refractivity contribution >= 4 is 21.6 Å². The van der Waals surface area contributed by atoms with Crippen molar-refractivity contribution in [2.75, 3.05) is 6.61 Å². The van der Waals surface area contributed by atoms with Crippen molar-refractivity contribution in [1.29, 1.82) is 0 Å². The van der Waals surface area contributed by atoms with Gasteiger partial charge in [0.2, 0.25) is 0 Å². The largest absolute Gasteiger partial charge is 0.490 e. The number of benzene rings is 2. The Morgan fingerprint density at radius 2 is 1.83 bits per heavy atom. The molecule has 0 unspecified atom stereocenters. The highest BCUT2D eigenvalue weighted by Crippen LogP contribution is 2.34. The normalized spacial score (nSPS) is 10.4. The molecule has 2 aromatic rings. The molecule has 0 radical (unpaired) electrons. The van der Waals surface area contributed by atoms with E-state index >= 15 is 0 Å². The smallest absolute Gasteiger partial charge is 0.269 e. The lowest BCUT2D eigenvalue weighted by Gasteiger charge is -2.14. The van der Waals surface area contributed by atoms with Gasteiger partial charge in [0.1, 0.15) is 6.61 Å². The Balaban J connectivity index is 2.15. The topological polar surface area (TPSA) is 81.8 Å². The molecule has 0 atom stereocenters. The standard InChI is InChI=1S/C16H16BrNO5/c1-2-22-15-7-12(9-19)14(17)8-16(15)23-10-11-3-5-13(6-4-11)18(20)21/h3-8,19H,2,9-10H2,1H3. The van der Waals surface area contributed by atoms with Crippen LogP contribution in [0, 0.1) is 10.1 Å². The zero-order chi connectivity index (χ0) is 16.8. The third-order valence-electron chi connectivity index (χ3n) is 3.12. The molecule has 6 nitrogen and oxygen atoms in total. The number of aliphatic hydroxyl groups is 1. The number of non-ortho nitro benzene ring substituents is 1. The zero-order valence-corrected chi connectivity index (χ0v) is 14.1. The first-order valence-electron chi connectivity index (χ1n) is 6.97. The molecule has 0 aliphatic heterocycles. The van der Waals surface area contributed by atoms with Crippen molar-refractivity contribution in [1.82, 2.24) is 0 Å². The Bertz CT molecular complexity index is 688. The quantitative estimate of drug-likeness (QED) is 0.582. The number of hydrogen-bond donors (Lipinski definition) is 1. The second kappa shape index (κ2) is 7.94. The molecule has 0 fully saturated rings. The Labute approximate surface area is 141 Å². The first-order valence-corrected chi connectivity index (χ1v) is 7.76. The number of rotatable bonds is 7. The summed E-state index contributed by atoms with van der Waals surface area (Å²) in [5.41, 5.74) is 1.55. The van der Waals surface area contributed by atoms with Crippen LogP contribution in [0.4, 0.5) is 5.69 Å². The van der Waals surface area contributed by atoms with Crippen LogP contribution in [-0.2, 0) is 13.2 Å². The van der Waals surface area contributed by atoms with Gasteiger partial charge in [0, 0.05) is 16.6 Å². The lowest BCUT2D eigenvalue weighted by atomic mass is 10.2. The number of ether oxygens (including phenoxy) is 2. The minimum absolute atomic E-state index is 0.0406. The monoisotopic (exact) mass is 381 g/mol. The van der Waals surface area contributed by atoms with Gasteiger partial charge in [-0.05, 0) is 42.3 Å². The molecule has 0 aliphatic carbocycles. The maximum Gasteiger partial charge on any atom is 0.269 e. The summed E-state index contributed by atoms with van der Waals surface area (Å²) < 4.78 is 12.0. The predicted molar refractivity (Wildman–Crippen MR) is 88.7 cm³/mol. The summed E-state index contributed by atoms with van der Waals surface area (Å²) in [5, 5.41) is 19.9. The van der Waals surface area contributed by atoms with Gasteiger partial charge in [-0.3, -0.25) is 10.1 Å². The Morgan fingerprint density at radius 3 is 2.39 bits per heavy atom. The van der Waals surface area contributed by atoms with Crippen LogP contribution < -0.4 is 9.47 Å². The van der Waals surface area contributed by atoms with E-state index in [0.29, 0.717) is 23.7 Å². The molecule has 0 aromatic heterocycles. The highest BCUT2D eigenvalue weighted by molar-refractivity contribution is 9.10. The van der Waals surface area contributed by atoms with E-state index in [2.05, 4.69) is 15.9 Å². The number of halogens is 1. The van der Waals surface area contributed by atoms with Crippen LogP contribution >= 0.6 is 15.9 Å². The van der Waals surface area contributed by atoms with Gasteiger partial charge in [0.15, 0.2) is 11.5 Å². The Hall–Kier alpha value is -2.12. The molecule has 0 saturated carbocycles. The fraction of sp³-hybridized carbons (Fsp3) is 0.250. The van der Waals surface area contributed by atoms with Gasteiger partial charge in [0.05, 0.1) is 18.1 Å². The number of nitro benzene ring substituents is 1. The van der Waals surface area contributed by atoms with Gasteiger partial charge >= 0.3 is 0 Å². The van der Waals surface area contributed by atoms with E-state index in [4.69, 9.17) is 9.47 Å². The average Bonchev–Trinajstić information content (AvgIpc) is 2.55. The van der Waals surface area contributed by atoms with Crippen molar-refractivity contribution in [3.8, 4) is 11.5 Å². The van der Waals surface area contributed by atoms with Crippen LogP contribution in [-0.4, -0.2) is 16.6 Å². The van der Waals surface area contributed by atoms with Gasteiger partial charge in [-0.1, -0.05) is 15.9 Å². The minimum Gasteiger partial charge on any atom is -0.490 e. The van der Waals surface area contributed by atoms with E-state index in [0.717, 1.165) is 10.0 Å². The molecule has 122 valence electrons. The van der Waals surface area contributed by atoms with Crippen LogP contribution in [0.25, 0.3) is 0 Å². The molecule has 0 spiro atoms. The number of hydrogen-bond acceptors (Lipinski definition) is 5. The van der Waals surface area contributed by atoms with E-state index in [-0.39, 0.29) is 18.9 Å². The van der Waals surface area contributed by atoms with Gasteiger partial charge in [0.25, 0.3) is 5.69 Å². The van der Waals surface area contributed by atoms with Crippen LogP contribution in [0.5, 0.6) is 11.5 Å². The predicted octanol–water partition coefficient (Wildman–Crippen LogP) is 3.83. The molecule has 7 heteroatoms.